The van der Waals surface area contributed by atoms with Gasteiger partial charge in [0.05, 0.1) is 18.8 Å². The molecule has 2 saturated heterocycles. The molecule has 0 aromatic heterocycles. The molecule has 6 rings (SSSR count). The summed E-state index contributed by atoms with van der Waals surface area (Å²) in [6.45, 7) is 7.98. The lowest BCUT2D eigenvalue weighted by Gasteiger charge is -2.58. The van der Waals surface area contributed by atoms with Crippen LogP contribution in [-0.2, 0) is 14.3 Å². The van der Waals surface area contributed by atoms with Crippen LogP contribution in [0.1, 0.15) is 85.0 Å². The first-order chi connectivity index (χ1) is 14.2. The average molecular weight is 417 g/mol. The fourth-order valence-electron chi connectivity index (χ4n) is 9.50. The number of ketones is 1. The Hall–Kier alpha value is -0.450. The number of hydrogen-bond donors (Lipinski definition) is 1. The van der Waals surface area contributed by atoms with Gasteiger partial charge in [-0.2, -0.15) is 0 Å². The van der Waals surface area contributed by atoms with Crippen LogP contribution in [0.2, 0.25) is 0 Å². The lowest BCUT2D eigenvalue weighted by molar-refractivity contribution is -0.255. The average Bonchev–Trinajstić information content (AvgIpc) is 3.13. The van der Waals surface area contributed by atoms with Crippen molar-refractivity contribution in [1.82, 2.24) is 0 Å². The van der Waals surface area contributed by atoms with E-state index in [4.69, 9.17) is 9.47 Å². The molecule has 0 amide bonds. The number of aliphatic hydroxyl groups excluding tert-OH is 1. The topological polar surface area (TPSA) is 55.8 Å². The summed E-state index contributed by atoms with van der Waals surface area (Å²) in [5.74, 6) is 3.34. The van der Waals surface area contributed by atoms with Gasteiger partial charge in [0.25, 0.3) is 0 Å². The van der Waals surface area contributed by atoms with E-state index >= 15 is 0 Å². The zero-order valence-corrected chi connectivity index (χ0v) is 19.1. The number of ether oxygens (including phenoxy) is 2. The number of rotatable bonds is 0. The molecule has 4 aliphatic carbocycles. The predicted molar refractivity (Wildman–Crippen MR) is 114 cm³/mol. The van der Waals surface area contributed by atoms with Crippen LogP contribution in [0.4, 0.5) is 0 Å². The van der Waals surface area contributed by atoms with Crippen molar-refractivity contribution < 1.29 is 19.4 Å². The summed E-state index contributed by atoms with van der Waals surface area (Å²) in [5, 5.41) is 10.2. The van der Waals surface area contributed by atoms with E-state index in [2.05, 4.69) is 20.8 Å². The Bertz CT molecular complexity index is 727. The normalized spacial score (nSPS) is 60.1. The molecule has 4 saturated carbocycles. The second-order valence-electron chi connectivity index (χ2n) is 12.7. The Morgan fingerprint density at radius 1 is 0.967 bits per heavy atom. The van der Waals surface area contributed by atoms with Gasteiger partial charge in [0, 0.05) is 30.6 Å². The first-order valence-electron chi connectivity index (χ1n) is 12.8. The molecule has 4 heteroatoms. The summed E-state index contributed by atoms with van der Waals surface area (Å²) >= 11 is 0. The number of carbonyl (C=O) groups is 1. The maximum atomic E-state index is 13.3. The van der Waals surface area contributed by atoms with Crippen molar-refractivity contribution in [2.45, 2.75) is 103 Å². The highest BCUT2D eigenvalue weighted by Gasteiger charge is 2.67. The van der Waals surface area contributed by atoms with Gasteiger partial charge in [0.15, 0.2) is 5.79 Å². The predicted octanol–water partition coefficient (Wildman–Crippen LogP) is 4.73. The highest BCUT2D eigenvalue weighted by molar-refractivity contribution is 5.83. The van der Waals surface area contributed by atoms with Crippen molar-refractivity contribution >= 4 is 5.78 Å². The lowest BCUT2D eigenvalue weighted by atomic mass is 9.46. The van der Waals surface area contributed by atoms with Gasteiger partial charge in [-0.15, -0.1) is 0 Å². The highest BCUT2D eigenvalue weighted by atomic mass is 16.7. The van der Waals surface area contributed by atoms with Gasteiger partial charge in [-0.3, -0.25) is 4.79 Å². The minimum atomic E-state index is -0.327. The van der Waals surface area contributed by atoms with Crippen LogP contribution in [0, 0.1) is 46.3 Å². The van der Waals surface area contributed by atoms with Gasteiger partial charge >= 0.3 is 0 Å². The summed E-state index contributed by atoms with van der Waals surface area (Å²) in [6, 6.07) is 0. The van der Waals surface area contributed by atoms with Crippen LogP contribution in [0.5, 0.6) is 0 Å². The van der Waals surface area contributed by atoms with E-state index < -0.39 is 0 Å². The third-order valence-corrected chi connectivity index (χ3v) is 11.1. The molecule has 0 radical (unpaired) electrons. The molecule has 1 spiro atoms. The van der Waals surface area contributed by atoms with E-state index in [9.17, 15) is 9.90 Å². The van der Waals surface area contributed by atoms with Crippen LogP contribution in [0.3, 0.4) is 0 Å². The van der Waals surface area contributed by atoms with Gasteiger partial charge in [0.1, 0.15) is 5.78 Å². The van der Waals surface area contributed by atoms with E-state index in [1.807, 2.05) is 0 Å². The van der Waals surface area contributed by atoms with Crippen LogP contribution in [-0.4, -0.2) is 35.5 Å². The smallest absolute Gasteiger partial charge is 0.169 e. The van der Waals surface area contributed by atoms with Crippen molar-refractivity contribution in [3.8, 4) is 0 Å². The monoisotopic (exact) mass is 416 g/mol. The molecule has 6 fully saturated rings. The summed E-state index contributed by atoms with van der Waals surface area (Å²) < 4.78 is 13.1. The molecule has 4 nitrogen and oxygen atoms in total. The van der Waals surface area contributed by atoms with Gasteiger partial charge < -0.3 is 14.6 Å². The number of hydrogen-bond acceptors (Lipinski definition) is 4. The lowest BCUT2D eigenvalue weighted by Crippen LogP contribution is -2.56. The quantitative estimate of drug-likeness (QED) is 0.620. The molecular formula is C26H40O4. The van der Waals surface area contributed by atoms with Crippen LogP contribution >= 0.6 is 0 Å². The third kappa shape index (κ3) is 2.65. The Kier molecular flexibility index (Phi) is 4.40. The Labute approximate surface area is 181 Å². The first-order valence-corrected chi connectivity index (χ1v) is 12.8. The largest absolute Gasteiger partial charge is 0.393 e. The zero-order chi connectivity index (χ0) is 20.9. The molecule has 168 valence electrons. The van der Waals surface area contributed by atoms with E-state index in [0.717, 1.165) is 45.1 Å². The summed E-state index contributed by atoms with van der Waals surface area (Å²) in [4.78, 5) is 13.3. The van der Waals surface area contributed by atoms with Gasteiger partial charge in [-0.25, -0.2) is 0 Å². The van der Waals surface area contributed by atoms with Gasteiger partial charge in [0.2, 0.25) is 0 Å². The van der Waals surface area contributed by atoms with Crippen LogP contribution < -0.4 is 0 Å². The summed E-state index contributed by atoms with van der Waals surface area (Å²) in [6.07, 6.45) is 10.4. The molecule has 0 unspecified atom stereocenters. The molecule has 0 bridgehead atoms. The molecule has 0 aromatic carbocycles. The molecule has 2 aliphatic heterocycles. The van der Waals surface area contributed by atoms with Gasteiger partial charge in [-0.05, 0) is 80.0 Å². The van der Waals surface area contributed by atoms with Crippen LogP contribution in [0.15, 0.2) is 0 Å². The molecular weight excluding hydrogens is 376 g/mol. The Morgan fingerprint density at radius 2 is 1.73 bits per heavy atom. The Balaban J connectivity index is 1.25. The zero-order valence-electron chi connectivity index (χ0n) is 19.1. The standard InChI is InChI=1S/C26H40O4/c1-15-6-9-26(29-13-15)14-25(3)20-5-4-19-17(18(20)12-23(25)30-26)11-22(28)21-10-16(27)7-8-24(19,21)2/h15-21,23,27H,4-14H2,1-3H3/t15-,16+,17+,18-,19+,20-,21-,23+,24-,25+,26-/m1/s1. The van der Waals surface area contributed by atoms with E-state index in [1.54, 1.807) is 0 Å². The SMILES string of the molecule is C[C@@H]1CC[C@@]2(C[C@]3(C)[C@H](C[C@@H]4[C@@H]5CC(=O)[C@H]6C[C@@H](O)CC[C@]6(C)[C@H]5CC[C@H]43)O2)OC1. The second-order valence-corrected chi connectivity index (χ2v) is 12.7. The minimum Gasteiger partial charge on any atom is -0.393 e. The maximum Gasteiger partial charge on any atom is 0.169 e. The number of aliphatic hydroxyl groups is 1. The number of fused-ring (bicyclic) bond motifs is 7. The van der Waals surface area contributed by atoms with Crippen molar-refractivity contribution in [2.24, 2.45) is 46.3 Å². The number of Topliss-reactive ketones (excluding diaryl/α,β-unsaturated/α-hetero) is 1. The molecule has 11 atom stereocenters. The van der Waals surface area contributed by atoms with Crippen molar-refractivity contribution in [3.63, 3.8) is 0 Å². The van der Waals surface area contributed by atoms with E-state index in [1.165, 1.54) is 19.3 Å². The highest BCUT2D eigenvalue weighted by Crippen LogP contribution is 2.69. The summed E-state index contributed by atoms with van der Waals surface area (Å²) in [5.41, 5.74) is 0.313. The minimum absolute atomic E-state index is 0.0905. The van der Waals surface area contributed by atoms with Crippen molar-refractivity contribution in [1.29, 1.82) is 0 Å². The van der Waals surface area contributed by atoms with E-state index in [0.29, 0.717) is 47.9 Å². The molecule has 30 heavy (non-hydrogen) atoms. The van der Waals surface area contributed by atoms with Gasteiger partial charge in [-0.1, -0.05) is 20.8 Å². The first kappa shape index (κ1) is 20.2. The Morgan fingerprint density at radius 3 is 2.47 bits per heavy atom. The van der Waals surface area contributed by atoms with E-state index in [-0.39, 0.29) is 28.6 Å². The van der Waals surface area contributed by atoms with Crippen molar-refractivity contribution in [2.75, 3.05) is 6.61 Å². The number of carbonyl (C=O) groups excluding carboxylic acids is 1. The molecule has 1 N–H and O–H groups in total. The molecule has 6 aliphatic rings. The summed E-state index contributed by atoms with van der Waals surface area (Å²) in [7, 11) is 0. The maximum absolute atomic E-state index is 13.3. The van der Waals surface area contributed by atoms with Crippen molar-refractivity contribution in [3.05, 3.63) is 0 Å². The fourth-order valence-corrected chi connectivity index (χ4v) is 9.50. The molecule has 0 aromatic rings. The van der Waals surface area contributed by atoms with Crippen LogP contribution in [0.25, 0.3) is 0 Å². The fraction of sp³-hybridized carbons (Fsp3) is 0.962. The second kappa shape index (κ2) is 6.54. The molecule has 2 heterocycles. The third-order valence-electron chi connectivity index (χ3n) is 11.1.